The maximum atomic E-state index is 13.0. The Kier molecular flexibility index (Phi) is 3.98. The van der Waals surface area contributed by atoms with Gasteiger partial charge in [-0.15, -0.1) is 0 Å². The molecule has 1 aliphatic carbocycles. The van der Waals surface area contributed by atoms with Crippen LogP contribution in [0.3, 0.4) is 0 Å². The van der Waals surface area contributed by atoms with E-state index in [9.17, 15) is 4.79 Å². The Morgan fingerprint density at radius 3 is 2.42 bits per heavy atom. The predicted octanol–water partition coefficient (Wildman–Crippen LogP) is 4.47. The Labute approximate surface area is 116 Å². The number of rotatable bonds is 4. The molecule has 19 heavy (non-hydrogen) atoms. The molecule has 1 saturated carbocycles. The lowest BCUT2D eigenvalue weighted by atomic mass is 9.76. The van der Waals surface area contributed by atoms with E-state index < -0.39 is 0 Å². The molecule has 0 unspecified atom stereocenters. The van der Waals surface area contributed by atoms with E-state index >= 15 is 0 Å². The van der Waals surface area contributed by atoms with Gasteiger partial charge in [0.25, 0.3) is 0 Å². The molecule has 2 heteroatoms. The van der Waals surface area contributed by atoms with E-state index in [1.165, 1.54) is 18.4 Å². The summed E-state index contributed by atoms with van der Waals surface area (Å²) < 4.78 is 5.51. The van der Waals surface area contributed by atoms with E-state index in [1.54, 1.807) is 7.11 Å². The molecule has 1 fully saturated rings. The molecule has 0 bridgehead atoms. The van der Waals surface area contributed by atoms with Crippen molar-refractivity contribution in [2.24, 2.45) is 5.41 Å². The number of aryl methyl sites for hydroxylation is 1. The van der Waals surface area contributed by atoms with Crippen LogP contribution in [0.1, 0.15) is 60.5 Å². The molecular formula is C17H24O2. The summed E-state index contributed by atoms with van der Waals surface area (Å²) in [7, 11) is 1.66. The SMILES string of the molecule is CCC1(C(=O)c2ccc(C)c(C)c2OC)CCCC1. The first-order valence-corrected chi connectivity index (χ1v) is 7.24. The van der Waals surface area contributed by atoms with Crippen molar-refractivity contribution in [1.29, 1.82) is 0 Å². The highest BCUT2D eigenvalue weighted by atomic mass is 16.5. The molecule has 104 valence electrons. The third-order valence-corrected chi connectivity index (χ3v) is 4.84. The lowest BCUT2D eigenvalue weighted by Crippen LogP contribution is -2.28. The lowest BCUT2D eigenvalue weighted by Gasteiger charge is -2.27. The van der Waals surface area contributed by atoms with Gasteiger partial charge in [-0.1, -0.05) is 25.8 Å². The summed E-state index contributed by atoms with van der Waals surface area (Å²) in [6.07, 6.45) is 5.33. The molecule has 0 atom stereocenters. The van der Waals surface area contributed by atoms with Gasteiger partial charge in [-0.05, 0) is 50.3 Å². The monoisotopic (exact) mass is 260 g/mol. The topological polar surface area (TPSA) is 26.3 Å². The first-order chi connectivity index (χ1) is 9.05. The van der Waals surface area contributed by atoms with Crippen molar-refractivity contribution < 1.29 is 9.53 Å². The third kappa shape index (κ3) is 2.29. The Hall–Kier alpha value is -1.31. The van der Waals surface area contributed by atoms with Crippen LogP contribution in [0.25, 0.3) is 0 Å². The van der Waals surface area contributed by atoms with Crippen molar-refractivity contribution in [2.45, 2.75) is 52.9 Å². The lowest BCUT2D eigenvalue weighted by molar-refractivity contribution is 0.0788. The molecule has 0 radical (unpaired) electrons. The van der Waals surface area contributed by atoms with Gasteiger partial charge in [-0.3, -0.25) is 4.79 Å². The molecule has 1 aliphatic rings. The Balaban J connectivity index is 2.47. The highest BCUT2D eigenvalue weighted by Gasteiger charge is 2.40. The van der Waals surface area contributed by atoms with Crippen LogP contribution in [-0.2, 0) is 0 Å². The van der Waals surface area contributed by atoms with Crippen molar-refractivity contribution >= 4 is 5.78 Å². The smallest absolute Gasteiger partial charge is 0.172 e. The summed E-state index contributed by atoms with van der Waals surface area (Å²) in [4.78, 5) is 13.0. The number of carbonyl (C=O) groups is 1. The van der Waals surface area contributed by atoms with Crippen molar-refractivity contribution in [2.75, 3.05) is 7.11 Å². The van der Waals surface area contributed by atoms with Crippen LogP contribution in [0.15, 0.2) is 12.1 Å². The van der Waals surface area contributed by atoms with E-state index in [2.05, 4.69) is 13.8 Å². The Morgan fingerprint density at radius 2 is 1.89 bits per heavy atom. The van der Waals surface area contributed by atoms with Gasteiger partial charge < -0.3 is 4.74 Å². The van der Waals surface area contributed by atoms with Crippen molar-refractivity contribution in [3.63, 3.8) is 0 Å². The van der Waals surface area contributed by atoms with Gasteiger partial charge in [-0.2, -0.15) is 0 Å². The summed E-state index contributed by atoms with van der Waals surface area (Å²) in [6, 6.07) is 3.97. The molecule has 0 saturated heterocycles. The summed E-state index contributed by atoms with van der Waals surface area (Å²) in [5, 5.41) is 0. The van der Waals surface area contributed by atoms with Crippen LogP contribution in [0.5, 0.6) is 5.75 Å². The maximum Gasteiger partial charge on any atom is 0.172 e. The number of methoxy groups -OCH3 is 1. The minimum atomic E-state index is -0.144. The quantitative estimate of drug-likeness (QED) is 0.747. The second-order valence-electron chi connectivity index (χ2n) is 5.76. The normalized spacial score (nSPS) is 17.5. The van der Waals surface area contributed by atoms with Gasteiger partial charge in [0, 0.05) is 5.41 Å². The average Bonchev–Trinajstić information content (AvgIpc) is 2.91. The fourth-order valence-corrected chi connectivity index (χ4v) is 3.31. The van der Waals surface area contributed by atoms with Crippen LogP contribution in [-0.4, -0.2) is 12.9 Å². The zero-order chi connectivity index (χ0) is 14.0. The van der Waals surface area contributed by atoms with E-state index in [-0.39, 0.29) is 11.2 Å². The number of ether oxygens (including phenoxy) is 1. The molecule has 1 aromatic rings. The van der Waals surface area contributed by atoms with Gasteiger partial charge >= 0.3 is 0 Å². The van der Waals surface area contributed by atoms with Crippen LogP contribution in [0.2, 0.25) is 0 Å². The van der Waals surface area contributed by atoms with E-state index in [0.717, 1.165) is 36.1 Å². The predicted molar refractivity (Wildman–Crippen MR) is 78.0 cm³/mol. The van der Waals surface area contributed by atoms with Crippen molar-refractivity contribution in [3.8, 4) is 5.75 Å². The second-order valence-corrected chi connectivity index (χ2v) is 5.76. The number of hydrogen-bond acceptors (Lipinski definition) is 2. The van der Waals surface area contributed by atoms with E-state index in [1.807, 2.05) is 19.1 Å². The second kappa shape index (κ2) is 5.36. The van der Waals surface area contributed by atoms with Gasteiger partial charge in [0.05, 0.1) is 12.7 Å². The van der Waals surface area contributed by atoms with E-state index in [0.29, 0.717) is 0 Å². The molecule has 0 aliphatic heterocycles. The molecule has 0 spiro atoms. The molecular weight excluding hydrogens is 236 g/mol. The molecule has 2 nitrogen and oxygen atoms in total. The number of hydrogen-bond donors (Lipinski definition) is 0. The van der Waals surface area contributed by atoms with Gasteiger partial charge in [0.2, 0.25) is 0 Å². The molecule has 0 N–H and O–H groups in total. The molecule has 1 aromatic carbocycles. The van der Waals surface area contributed by atoms with E-state index in [4.69, 9.17) is 4.74 Å². The zero-order valence-electron chi connectivity index (χ0n) is 12.5. The zero-order valence-corrected chi connectivity index (χ0v) is 12.5. The van der Waals surface area contributed by atoms with Crippen LogP contribution in [0.4, 0.5) is 0 Å². The summed E-state index contributed by atoms with van der Waals surface area (Å²) >= 11 is 0. The molecule has 0 amide bonds. The summed E-state index contributed by atoms with van der Waals surface area (Å²) in [5.74, 6) is 1.05. The average molecular weight is 260 g/mol. The fraction of sp³-hybridized carbons (Fsp3) is 0.588. The highest BCUT2D eigenvalue weighted by Crippen LogP contribution is 2.45. The van der Waals surface area contributed by atoms with Gasteiger partial charge in [-0.25, -0.2) is 0 Å². The number of carbonyl (C=O) groups excluding carboxylic acids is 1. The standard InChI is InChI=1S/C17H24O2/c1-5-17(10-6-7-11-17)16(18)14-9-8-12(2)13(3)15(14)19-4/h8-9H,5-7,10-11H2,1-4H3. The van der Waals surface area contributed by atoms with Crippen LogP contribution >= 0.6 is 0 Å². The largest absolute Gasteiger partial charge is 0.496 e. The first-order valence-electron chi connectivity index (χ1n) is 7.24. The fourth-order valence-electron chi connectivity index (χ4n) is 3.31. The highest BCUT2D eigenvalue weighted by molar-refractivity contribution is 6.03. The minimum Gasteiger partial charge on any atom is -0.496 e. The molecule has 0 heterocycles. The van der Waals surface area contributed by atoms with Crippen LogP contribution < -0.4 is 4.74 Å². The van der Waals surface area contributed by atoms with Crippen molar-refractivity contribution in [1.82, 2.24) is 0 Å². The maximum absolute atomic E-state index is 13.0. The van der Waals surface area contributed by atoms with Gasteiger partial charge in [0.1, 0.15) is 5.75 Å². The number of benzene rings is 1. The number of Topliss-reactive ketones (excluding diaryl/α,β-unsaturated/α-hetero) is 1. The number of ketones is 1. The van der Waals surface area contributed by atoms with Gasteiger partial charge in [0.15, 0.2) is 5.78 Å². The summed E-state index contributed by atoms with van der Waals surface area (Å²) in [5.41, 5.74) is 2.88. The Morgan fingerprint density at radius 1 is 1.26 bits per heavy atom. The first kappa shape index (κ1) is 14.1. The Bertz CT molecular complexity index is 482. The van der Waals surface area contributed by atoms with Crippen LogP contribution in [0, 0.1) is 19.3 Å². The third-order valence-electron chi connectivity index (χ3n) is 4.84. The molecule has 0 aromatic heterocycles. The summed E-state index contributed by atoms with van der Waals surface area (Å²) in [6.45, 7) is 6.21. The molecule has 2 rings (SSSR count). The van der Waals surface area contributed by atoms with Crippen molar-refractivity contribution in [3.05, 3.63) is 28.8 Å². The minimum absolute atomic E-state index is 0.144.